The zero-order valence-corrected chi connectivity index (χ0v) is 33.6. The van der Waals surface area contributed by atoms with E-state index in [0.717, 1.165) is 33.5 Å². The number of para-hydroxylation sites is 2. The first-order valence-electron chi connectivity index (χ1n) is 18.9. The topological polar surface area (TPSA) is 35.1 Å². The molecule has 0 radical (unpaired) electrons. The molecule has 0 fully saturated rings. The predicted octanol–water partition coefficient (Wildman–Crippen LogP) is 11.7. The number of rotatable bonds is 5. The summed E-state index contributed by atoms with van der Waals surface area (Å²) in [7, 11) is -2.92. The molecule has 0 aliphatic carbocycles. The third-order valence-corrected chi connectivity index (χ3v) is 15.4. The highest BCUT2D eigenvalue weighted by molar-refractivity contribution is 6.89. The quantitative estimate of drug-likeness (QED) is 0.131. The lowest BCUT2D eigenvalue weighted by Crippen LogP contribution is -2.37. The first-order valence-corrected chi connectivity index (χ1v) is 25.9. The van der Waals surface area contributed by atoms with Crippen molar-refractivity contribution < 1.29 is 0 Å². The Hall–Kier alpha value is -5.83. The van der Waals surface area contributed by atoms with E-state index in [-0.39, 0.29) is 0 Å². The number of hydrogen-bond donors (Lipinski definition) is 0. The molecule has 0 aliphatic rings. The predicted molar refractivity (Wildman–Crippen MR) is 237 cm³/mol. The lowest BCUT2D eigenvalue weighted by Gasteiger charge is -2.18. The highest BCUT2D eigenvalue weighted by Gasteiger charge is 2.22. The normalized spacial score (nSPS) is 12.6. The van der Waals surface area contributed by atoms with E-state index >= 15 is 0 Å². The molecule has 4 nitrogen and oxygen atoms in total. The first kappa shape index (κ1) is 32.8. The van der Waals surface area contributed by atoms with Crippen molar-refractivity contribution in [2.24, 2.45) is 0 Å². The molecule has 0 spiro atoms. The monoisotopic (exact) mass is 730 g/mol. The highest BCUT2D eigenvalue weighted by atomic mass is 28.3. The van der Waals surface area contributed by atoms with Crippen LogP contribution in [0.5, 0.6) is 0 Å². The van der Waals surface area contributed by atoms with Gasteiger partial charge in [-0.15, -0.1) is 0 Å². The van der Waals surface area contributed by atoms with Crippen LogP contribution in [0.25, 0.3) is 88.4 Å². The Balaban J connectivity index is 1.27. The summed E-state index contributed by atoms with van der Waals surface area (Å²) in [5.41, 5.74) is 9.80. The van der Waals surface area contributed by atoms with Gasteiger partial charge in [0.25, 0.3) is 0 Å². The Morgan fingerprint density at radius 1 is 0.389 bits per heavy atom. The van der Waals surface area contributed by atoms with Crippen molar-refractivity contribution in [3.8, 4) is 28.5 Å². The molecule has 0 unspecified atom stereocenters. The molecule has 6 heteroatoms. The van der Waals surface area contributed by atoms with Crippen LogP contribution < -0.4 is 10.4 Å². The molecule has 6 aromatic carbocycles. The second kappa shape index (κ2) is 11.8. The molecule has 4 aromatic heterocycles. The molecule has 4 heterocycles. The van der Waals surface area contributed by atoms with E-state index in [1.165, 1.54) is 59.2 Å². The van der Waals surface area contributed by atoms with Gasteiger partial charge in [-0.1, -0.05) is 159 Å². The van der Waals surface area contributed by atoms with Gasteiger partial charge in [-0.25, -0.2) is 9.97 Å². The van der Waals surface area contributed by atoms with Gasteiger partial charge < -0.3 is 4.40 Å². The molecular weight excluding hydrogens is 689 g/mol. The van der Waals surface area contributed by atoms with E-state index in [1.807, 2.05) is 0 Å². The molecule has 10 aromatic rings. The van der Waals surface area contributed by atoms with Gasteiger partial charge in [-0.3, -0.25) is 4.57 Å². The maximum Gasteiger partial charge on any atom is 0.235 e. The molecule has 0 saturated carbocycles. The Labute approximate surface area is 317 Å². The molecule has 262 valence electrons. The summed E-state index contributed by atoms with van der Waals surface area (Å²) in [6, 6.07) is 53.7. The van der Waals surface area contributed by atoms with E-state index in [0.29, 0.717) is 5.95 Å². The summed E-state index contributed by atoms with van der Waals surface area (Å²) in [6.07, 6.45) is 0. The maximum absolute atomic E-state index is 5.40. The Morgan fingerprint density at radius 2 is 0.870 bits per heavy atom. The van der Waals surface area contributed by atoms with Gasteiger partial charge >= 0.3 is 0 Å². The van der Waals surface area contributed by atoms with Crippen molar-refractivity contribution >= 4 is 86.4 Å². The largest absolute Gasteiger partial charge is 0.309 e. The van der Waals surface area contributed by atoms with Gasteiger partial charge in [0, 0.05) is 38.1 Å². The number of aromatic nitrogens is 4. The zero-order valence-electron chi connectivity index (χ0n) is 31.6. The molecule has 0 aliphatic heterocycles. The van der Waals surface area contributed by atoms with Crippen molar-refractivity contribution in [3.63, 3.8) is 0 Å². The number of fused-ring (bicyclic) bond motifs is 11. The number of nitrogens with zero attached hydrogens (tertiary/aromatic N) is 4. The lowest BCUT2D eigenvalue weighted by atomic mass is 10.1. The summed E-state index contributed by atoms with van der Waals surface area (Å²) in [4.78, 5) is 10.8. The van der Waals surface area contributed by atoms with E-state index < -0.39 is 16.1 Å². The van der Waals surface area contributed by atoms with Crippen LogP contribution in [0.15, 0.2) is 146 Å². The van der Waals surface area contributed by atoms with Gasteiger partial charge in [0.1, 0.15) is 0 Å². The van der Waals surface area contributed by atoms with Crippen LogP contribution in [-0.2, 0) is 0 Å². The smallest absolute Gasteiger partial charge is 0.235 e. The number of pyridine rings is 1. The molecule has 0 atom stereocenters. The second-order valence-corrected chi connectivity index (χ2v) is 27.0. The summed E-state index contributed by atoms with van der Waals surface area (Å²) in [5.74, 6) is 0.674. The number of benzene rings is 6. The summed E-state index contributed by atoms with van der Waals surface area (Å²) >= 11 is 0. The molecule has 0 N–H and O–H groups in total. The third kappa shape index (κ3) is 5.16. The molecule has 0 amide bonds. The minimum atomic E-state index is -1.46. The third-order valence-electron chi connectivity index (χ3n) is 11.2. The minimum Gasteiger partial charge on any atom is -0.309 e. The van der Waals surface area contributed by atoms with Crippen LogP contribution in [0.1, 0.15) is 0 Å². The van der Waals surface area contributed by atoms with Crippen LogP contribution in [0.2, 0.25) is 39.3 Å². The van der Waals surface area contributed by atoms with E-state index in [4.69, 9.17) is 9.97 Å². The van der Waals surface area contributed by atoms with Crippen molar-refractivity contribution in [2.75, 3.05) is 0 Å². The van der Waals surface area contributed by atoms with E-state index in [9.17, 15) is 0 Å². The average Bonchev–Trinajstić information content (AvgIpc) is 3.72. The maximum atomic E-state index is 5.40. The van der Waals surface area contributed by atoms with Crippen molar-refractivity contribution in [2.45, 2.75) is 39.3 Å². The van der Waals surface area contributed by atoms with Gasteiger partial charge in [0.05, 0.1) is 55.1 Å². The van der Waals surface area contributed by atoms with Crippen LogP contribution in [0.3, 0.4) is 0 Å². The van der Waals surface area contributed by atoms with Gasteiger partial charge in [-0.2, -0.15) is 0 Å². The lowest BCUT2D eigenvalue weighted by molar-refractivity contribution is 0.996. The zero-order chi connectivity index (χ0) is 36.9. The summed E-state index contributed by atoms with van der Waals surface area (Å²) in [5, 5.41) is 10.3. The second-order valence-electron chi connectivity index (χ2n) is 16.8. The van der Waals surface area contributed by atoms with Gasteiger partial charge in [0.15, 0.2) is 0 Å². The Morgan fingerprint density at radius 3 is 1.43 bits per heavy atom. The Bertz CT molecular complexity index is 3030. The SMILES string of the molecule is C[Si](C)(C)c1ccc(-c2cc(-c3ccc([Si](C)(C)C)cc3)nc(-n3c4ccccc4c4cc5cc6c7ccccc7c7ccccc7n6c5cc43)n2)cc1. The van der Waals surface area contributed by atoms with E-state index in [2.05, 4.69) is 194 Å². The molecule has 54 heavy (non-hydrogen) atoms. The van der Waals surface area contributed by atoms with Crippen molar-refractivity contribution in [3.05, 3.63) is 146 Å². The summed E-state index contributed by atoms with van der Waals surface area (Å²) < 4.78 is 4.73. The first-order chi connectivity index (χ1) is 26.0. The van der Waals surface area contributed by atoms with Crippen LogP contribution in [0.4, 0.5) is 0 Å². The van der Waals surface area contributed by atoms with Gasteiger partial charge in [-0.05, 0) is 41.8 Å². The fraction of sp³-hybridized carbons (Fsp3) is 0.125. The van der Waals surface area contributed by atoms with Crippen molar-refractivity contribution in [1.82, 2.24) is 18.9 Å². The van der Waals surface area contributed by atoms with E-state index in [1.54, 1.807) is 0 Å². The number of hydrogen-bond acceptors (Lipinski definition) is 2. The van der Waals surface area contributed by atoms with Crippen LogP contribution in [-0.4, -0.2) is 35.1 Å². The fourth-order valence-electron chi connectivity index (χ4n) is 8.29. The molecular formula is C48H42N4Si2. The van der Waals surface area contributed by atoms with Crippen LogP contribution in [0, 0.1) is 0 Å². The molecule has 10 rings (SSSR count). The average molecular weight is 731 g/mol. The summed E-state index contributed by atoms with van der Waals surface area (Å²) in [6.45, 7) is 14.4. The van der Waals surface area contributed by atoms with Gasteiger partial charge in [0.2, 0.25) is 5.95 Å². The minimum absolute atomic E-state index is 0.674. The molecule has 0 saturated heterocycles. The van der Waals surface area contributed by atoms with Crippen LogP contribution >= 0.6 is 0 Å². The molecule has 0 bridgehead atoms. The fourth-order valence-corrected chi connectivity index (χ4v) is 10.6. The Kier molecular flexibility index (Phi) is 7.19. The highest BCUT2D eigenvalue weighted by Crippen LogP contribution is 2.39. The van der Waals surface area contributed by atoms with Crippen molar-refractivity contribution in [1.29, 1.82) is 0 Å². The standard InChI is InChI=1S/C48H42N4Si2/c1-53(2,3)34-23-19-31(20-24-34)41-29-42(32-21-25-35(26-22-32)54(4,5)6)50-48(49-41)52-44-18-12-10-16-39(44)40-27-33-28-46-38-15-8-7-13-36(38)37-14-9-11-17-43(37)51(46)45(33)30-47(40)52/h7-30H,1-6H3.